The van der Waals surface area contributed by atoms with Crippen LogP contribution in [-0.4, -0.2) is 36.5 Å². The van der Waals surface area contributed by atoms with Crippen molar-refractivity contribution in [3.63, 3.8) is 0 Å². The fraction of sp³-hybridized carbons (Fsp3) is 0.562. The maximum atomic E-state index is 13.9. The Bertz CT molecular complexity index is 554. The molecule has 0 aliphatic carbocycles. The van der Waals surface area contributed by atoms with E-state index in [1.54, 1.807) is 0 Å². The molecule has 1 saturated heterocycles. The molecule has 0 atom stereocenters. The van der Waals surface area contributed by atoms with Gasteiger partial charge in [-0.3, -0.25) is 4.79 Å². The SMILES string of the molecule is CCCN(C(=O)c1cc(C(F)(F)F)ccc1F)C1CCNCC1. The summed E-state index contributed by atoms with van der Waals surface area (Å²) in [7, 11) is 0. The minimum atomic E-state index is -4.60. The van der Waals surface area contributed by atoms with Crippen LogP contribution in [0.4, 0.5) is 17.6 Å². The Hall–Kier alpha value is -1.63. The summed E-state index contributed by atoms with van der Waals surface area (Å²) in [6, 6.07) is 1.91. The highest BCUT2D eigenvalue weighted by Crippen LogP contribution is 2.31. The van der Waals surface area contributed by atoms with Gasteiger partial charge in [0.2, 0.25) is 0 Å². The monoisotopic (exact) mass is 332 g/mol. The summed E-state index contributed by atoms with van der Waals surface area (Å²) in [4.78, 5) is 14.1. The van der Waals surface area contributed by atoms with Crippen LogP contribution in [0.1, 0.15) is 42.1 Å². The van der Waals surface area contributed by atoms with E-state index >= 15 is 0 Å². The highest BCUT2D eigenvalue weighted by Gasteiger charge is 2.33. The van der Waals surface area contributed by atoms with E-state index < -0.39 is 29.0 Å². The molecule has 7 heteroatoms. The minimum Gasteiger partial charge on any atom is -0.335 e. The summed E-state index contributed by atoms with van der Waals surface area (Å²) in [5.74, 6) is -1.58. The van der Waals surface area contributed by atoms with Crippen molar-refractivity contribution >= 4 is 5.91 Å². The molecule has 0 unspecified atom stereocenters. The molecule has 0 spiro atoms. The molecule has 3 nitrogen and oxygen atoms in total. The molecule has 0 bridgehead atoms. The first-order valence-electron chi connectivity index (χ1n) is 7.73. The number of carbonyl (C=O) groups is 1. The minimum absolute atomic E-state index is 0.0716. The predicted molar refractivity (Wildman–Crippen MR) is 78.6 cm³/mol. The Labute approximate surface area is 132 Å². The predicted octanol–water partition coefficient (Wildman–Crippen LogP) is 3.45. The quantitative estimate of drug-likeness (QED) is 0.857. The van der Waals surface area contributed by atoms with Crippen molar-refractivity contribution in [3.8, 4) is 0 Å². The van der Waals surface area contributed by atoms with Crippen molar-refractivity contribution in [3.05, 3.63) is 35.1 Å². The Kier molecular flexibility index (Phi) is 5.62. The zero-order valence-electron chi connectivity index (χ0n) is 12.9. The molecule has 128 valence electrons. The first-order valence-corrected chi connectivity index (χ1v) is 7.73. The van der Waals surface area contributed by atoms with Crippen LogP contribution in [0.5, 0.6) is 0 Å². The number of alkyl halides is 3. The third-order valence-corrected chi connectivity index (χ3v) is 4.00. The molecule has 1 amide bonds. The standard InChI is InChI=1S/C16H20F4N2O/c1-2-9-22(12-5-7-21-8-6-12)15(23)13-10-11(16(18,19)20)3-4-14(13)17/h3-4,10,12,21H,2,5-9H2,1H3. The van der Waals surface area contributed by atoms with Crippen LogP contribution in [-0.2, 0) is 6.18 Å². The van der Waals surface area contributed by atoms with Gasteiger partial charge in [-0.05, 0) is 50.6 Å². The molecule has 1 aliphatic rings. The fourth-order valence-electron chi connectivity index (χ4n) is 2.83. The molecule has 0 saturated carbocycles. The molecule has 2 rings (SSSR count). The normalized spacial score (nSPS) is 16.4. The van der Waals surface area contributed by atoms with Crippen molar-refractivity contribution in [1.82, 2.24) is 10.2 Å². The van der Waals surface area contributed by atoms with Crippen molar-refractivity contribution in [1.29, 1.82) is 0 Å². The number of hydrogen-bond acceptors (Lipinski definition) is 2. The highest BCUT2D eigenvalue weighted by atomic mass is 19.4. The fourth-order valence-corrected chi connectivity index (χ4v) is 2.83. The van der Waals surface area contributed by atoms with Gasteiger partial charge in [0.1, 0.15) is 5.82 Å². The van der Waals surface area contributed by atoms with E-state index in [1.807, 2.05) is 6.92 Å². The van der Waals surface area contributed by atoms with Crippen molar-refractivity contribution in [2.24, 2.45) is 0 Å². The number of amides is 1. The van der Waals surface area contributed by atoms with E-state index in [9.17, 15) is 22.4 Å². The van der Waals surface area contributed by atoms with Gasteiger partial charge >= 0.3 is 6.18 Å². The zero-order valence-corrected chi connectivity index (χ0v) is 12.9. The van der Waals surface area contributed by atoms with Gasteiger partial charge in [-0.25, -0.2) is 4.39 Å². The first kappa shape index (κ1) is 17.7. The van der Waals surface area contributed by atoms with Crippen LogP contribution < -0.4 is 5.32 Å². The molecule has 1 fully saturated rings. The summed E-state index contributed by atoms with van der Waals surface area (Å²) in [5, 5.41) is 3.17. The number of hydrogen-bond donors (Lipinski definition) is 1. The van der Waals surface area contributed by atoms with E-state index in [0.29, 0.717) is 44.0 Å². The number of benzene rings is 1. The smallest absolute Gasteiger partial charge is 0.335 e. The lowest BCUT2D eigenvalue weighted by Gasteiger charge is -2.34. The molecule has 1 aliphatic heterocycles. The van der Waals surface area contributed by atoms with Crippen LogP contribution in [0, 0.1) is 5.82 Å². The lowest BCUT2D eigenvalue weighted by Crippen LogP contribution is -2.46. The van der Waals surface area contributed by atoms with Crippen LogP contribution >= 0.6 is 0 Å². The van der Waals surface area contributed by atoms with Gasteiger partial charge in [0.15, 0.2) is 0 Å². The molecule has 1 heterocycles. The third-order valence-electron chi connectivity index (χ3n) is 4.00. The molecule has 0 aromatic heterocycles. The number of carbonyl (C=O) groups excluding carboxylic acids is 1. The average Bonchev–Trinajstić information content (AvgIpc) is 2.52. The van der Waals surface area contributed by atoms with E-state index in [1.165, 1.54) is 4.90 Å². The summed E-state index contributed by atoms with van der Waals surface area (Å²) < 4.78 is 52.4. The summed E-state index contributed by atoms with van der Waals surface area (Å²) in [5.41, 5.74) is -1.52. The van der Waals surface area contributed by atoms with Crippen molar-refractivity contribution in [2.45, 2.75) is 38.4 Å². The maximum Gasteiger partial charge on any atom is 0.416 e. The van der Waals surface area contributed by atoms with Crippen LogP contribution in [0.3, 0.4) is 0 Å². The van der Waals surface area contributed by atoms with Crippen molar-refractivity contribution in [2.75, 3.05) is 19.6 Å². The zero-order chi connectivity index (χ0) is 17.0. The number of halogens is 4. The molecule has 1 aromatic carbocycles. The Morgan fingerprint density at radius 1 is 1.30 bits per heavy atom. The molecule has 23 heavy (non-hydrogen) atoms. The van der Waals surface area contributed by atoms with Crippen molar-refractivity contribution < 1.29 is 22.4 Å². The Morgan fingerprint density at radius 2 is 1.96 bits per heavy atom. The van der Waals surface area contributed by atoms with Gasteiger partial charge < -0.3 is 10.2 Å². The second kappa shape index (κ2) is 7.29. The summed E-state index contributed by atoms with van der Waals surface area (Å²) >= 11 is 0. The Morgan fingerprint density at radius 3 is 2.52 bits per heavy atom. The average molecular weight is 332 g/mol. The number of piperidine rings is 1. The van der Waals surface area contributed by atoms with E-state index in [4.69, 9.17) is 0 Å². The third kappa shape index (κ3) is 4.22. The van der Waals surface area contributed by atoms with Gasteiger partial charge in [-0.15, -0.1) is 0 Å². The second-order valence-electron chi connectivity index (χ2n) is 5.67. The van der Waals surface area contributed by atoms with Gasteiger partial charge in [-0.1, -0.05) is 6.92 Å². The lowest BCUT2D eigenvalue weighted by atomic mass is 10.0. The molecule has 1 N–H and O–H groups in total. The van der Waals surface area contributed by atoms with Gasteiger partial charge in [0.05, 0.1) is 11.1 Å². The van der Waals surface area contributed by atoms with E-state index in [2.05, 4.69) is 5.32 Å². The second-order valence-corrected chi connectivity index (χ2v) is 5.67. The molecule has 0 radical (unpaired) electrons. The largest absolute Gasteiger partial charge is 0.416 e. The highest BCUT2D eigenvalue weighted by molar-refractivity contribution is 5.95. The first-order chi connectivity index (χ1) is 10.8. The number of rotatable bonds is 4. The van der Waals surface area contributed by atoms with Crippen LogP contribution in [0.15, 0.2) is 18.2 Å². The summed E-state index contributed by atoms with van der Waals surface area (Å²) in [6.07, 6.45) is -2.51. The number of nitrogens with zero attached hydrogens (tertiary/aromatic N) is 1. The maximum absolute atomic E-state index is 13.9. The lowest BCUT2D eigenvalue weighted by molar-refractivity contribution is -0.137. The van der Waals surface area contributed by atoms with E-state index in [-0.39, 0.29) is 6.04 Å². The Balaban J connectivity index is 2.31. The van der Waals surface area contributed by atoms with E-state index in [0.717, 1.165) is 13.1 Å². The van der Waals surface area contributed by atoms with Gasteiger partial charge in [-0.2, -0.15) is 13.2 Å². The van der Waals surface area contributed by atoms with Gasteiger partial charge in [0, 0.05) is 12.6 Å². The van der Waals surface area contributed by atoms with Crippen LogP contribution in [0.25, 0.3) is 0 Å². The van der Waals surface area contributed by atoms with Crippen LogP contribution in [0.2, 0.25) is 0 Å². The molecular weight excluding hydrogens is 312 g/mol. The molecule has 1 aromatic rings. The molecular formula is C16H20F4N2O. The summed E-state index contributed by atoms with van der Waals surface area (Å²) in [6.45, 7) is 3.76. The topological polar surface area (TPSA) is 32.3 Å². The van der Waals surface area contributed by atoms with Gasteiger partial charge in [0.25, 0.3) is 5.91 Å². The number of nitrogens with one attached hydrogen (secondary N) is 1.